The van der Waals surface area contributed by atoms with Crippen LogP contribution in [0.5, 0.6) is 0 Å². The molecule has 21 heavy (non-hydrogen) atoms. The number of thioether (sulfide) groups is 1. The maximum absolute atomic E-state index is 14.3. The third-order valence-corrected chi connectivity index (χ3v) is 4.80. The summed E-state index contributed by atoms with van der Waals surface area (Å²) >= 11 is 1.87. The molecule has 1 saturated heterocycles. The Labute approximate surface area is 130 Å². The van der Waals surface area contributed by atoms with Gasteiger partial charge in [-0.15, -0.1) is 0 Å². The zero-order chi connectivity index (χ0) is 15.4. The van der Waals surface area contributed by atoms with E-state index in [0.29, 0.717) is 35.7 Å². The van der Waals surface area contributed by atoms with Crippen LogP contribution in [0.15, 0.2) is 12.1 Å². The van der Waals surface area contributed by atoms with Crippen LogP contribution in [0.4, 0.5) is 14.5 Å². The largest absolute Gasteiger partial charge is 0.365 e. The first kappa shape index (κ1) is 16.6. The summed E-state index contributed by atoms with van der Waals surface area (Å²) in [6.45, 7) is 9.01. The molecule has 118 valence electrons. The van der Waals surface area contributed by atoms with Gasteiger partial charge in [-0.1, -0.05) is 20.8 Å². The van der Waals surface area contributed by atoms with E-state index in [1.807, 2.05) is 16.7 Å². The summed E-state index contributed by atoms with van der Waals surface area (Å²) in [5, 5.41) is 3.94. The summed E-state index contributed by atoms with van der Waals surface area (Å²) in [4.78, 5) is 1.85. The molecule has 5 heteroatoms. The normalized spacial score (nSPS) is 22.6. The van der Waals surface area contributed by atoms with Gasteiger partial charge >= 0.3 is 0 Å². The predicted octanol–water partition coefficient (Wildman–Crippen LogP) is 3.79. The van der Waals surface area contributed by atoms with Crippen LogP contribution in [0.3, 0.4) is 0 Å². The Morgan fingerprint density at radius 2 is 1.76 bits per heavy atom. The van der Waals surface area contributed by atoms with E-state index in [-0.39, 0.29) is 5.69 Å². The molecule has 1 fully saturated rings. The van der Waals surface area contributed by atoms with Gasteiger partial charge in [0, 0.05) is 30.1 Å². The Morgan fingerprint density at radius 1 is 1.19 bits per heavy atom. The van der Waals surface area contributed by atoms with E-state index in [2.05, 4.69) is 26.1 Å². The van der Waals surface area contributed by atoms with Crippen molar-refractivity contribution in [3.8, 4) is 0 Å². The van der Waals surface area contributed by atoms with E-state index in [0.717, 1.165) is 13.0 Å². The van der Waals surface area contributed by atoms with Crippen molar-refractivity contribution in [1.82, 2.24) is 5.32 Å². The molecule has 0 spiro atoms. The number of nitrogens with one attached hydrogen (secondary N) is 1. The van der Waals surface area contributed by atoms with E-state index < -0.39 is 11.6 Å². The fourth-order valence-corrected chi connectivity index (χ4v) is 4.12. The van der Waals surface area contributed by atoms with Crippen molar-refractivity contribution in [2.75, 3.05) is 24.5 Å². The summed E-state index contributed by atoms with van der Waals surface area (Å²) in [5.41, 5.74) is 0.794. The van der Waals surface area contributed by atoms with Gasteiger partial charge in [-0.3, -0.25) is 0 Å². The minimum atomic E-state index is -0.449. The Bertz CT molecular complexity index is 448. The topological polar surface area (TPSA) is 15.3 Å². The number of hydrogen-bond acceptors (Lipinski definition) is 3. The van der Waals surface area contributed by atoms with Crippen LogP contribution in [0.2, 0.25) is 0 Å². The van der Waals surface area contributed by atoms with Crippen molar-refractivity contribution in [3.63, 3.8) is 0 Å². The number of nitrogens with zero attached hydrogens (tertiary/aromatic N) is 1. The van der Waals surface area contributed by atoms with Crippen molar-refractivity contribution in [3.05, 3.63) is 29.3 Å². The maximum atomic E-state index is 14.3. The average Bonchev–Trinajstić information content (AvgIpc) is 2.37. The van der Waals surface area contributed by atoms with Gasteiger partial charge in [0.1, 0.15) is 17.3 Å². The fourth-order valence-electron chi connectivity index (χ4n) is 2.79. The van der Waals surface area contributed by atoms with Gasteiger partial charge in [-0.2, -0.15) is 11.8 Å². The molecule has 2 unspecified atom stereocenters. The van der Waals surface area contributed by atoms with Crippen molar-refractivity contribution in [2.24, 2.45) is 0 Å². The summed E-state index contributed by atoms with van der Waals surface area (Å²) in [5.74, 6) is -0.899. The molecule has 0 bridgehead atoms. The Hall–Kier alpha value is -0.810. The van der Waals surface area contributed by atoms with Gasteiger partial charge in [-0.05, 0) is 30.7 Å². The Balaban J connectivity index is 2.16. The quantitative estimate of drug-likeness (QED) is 0.832. The standard InChI is InChI=1S/C16H24F2N2S/c1-4-5-19-8-13-6-14(17)16(15(18)7-13)20-9-11(2)21-12(3)10-20/h6-7,11-12,19H,4-5,8-10H2,1-3H3. The molecule has 0 aromatic heterocycles. The number of benzene rings is 1. The molecular formula is C16H24F2N2S. The van der Waals surface area contributed by atoms with E-state index in [1.165, 1.54) is 12.1 Å². The first-order valence-electron chi connectivity index (χ1n) is 7.60. The summed E-state index contributed by atoms with van der Waals surface area (Å²) in [6.07, 6.45) is 1.00. The molecule has 1 aromatic carbocycles. The monoisotopic (exact) mass is 314 g/mol. The zero-order valence-corrected chi connectivity index (χ0v) is 13.8. The lowest BCUT2D eigenvalue weighted by Crippen LogP contribution is -2.41. The second-order valence-electron chi connectivity index (χ2n) is 5.75. The van der Waals surface area contributed by atoms with E-state index in [9.17, 15) is 8.78 Å². The van der Waals surface area contributed by atoms with Crippen LogP contribution >= 0.6 is 11.8 Å². The smallest absolute Gasteiger partial charge is 0.149 e. The van der Waals surface area contributed by atoms with Crippen LogP contribution in [0.25, 0.3) is 0 Å². The zero-order valence-electron chi connectivity index (χ0n) is 13.0. The maximum Gasteiger partial charge on any atom is 0.149 e. The van der Waals surface area contributed by atoms with Crippen LogP contribution in [-0.2, 0) is 6.54 Å². The molecule has 2 atom stereocenters. The van der Waals surface area contributed by atoms with E-state index >= 15 is 0 Å². The molecule has 1 aromatic rings. The minimum Gasteiger partial charge on any atom is -0.365 e. The lowest BCUT2D eigenvalue weighted by Gasteiger charge is -2.36. The van der Waals surface area contributed by atoms with Gasteiger partial charge in [-0.25, -0.2) is 8.78 Å². The van der Waals surface area contributed by atoms with Crippen molar-refractivity contribution < 1.29 is 8.78 Å². The molecule has 0 radical (unpaired) electrons. The van der Waals surface area contributed by atoms with Gasteiger partial charge in [0.25, 0.3) is 0 Å². The van der Waals surface area contributed by atoms with Gasteiger partial charge < -0.3 is 10.2 Å². The Kier molecular flexibility index (Phi) is 5.88. The summed E-state index contributed by atoms with van der Waals surface area (Å²) in [6, 6.07) is 2.91. The van der Waals surface area contributed by atoms with Crippen LogP contribution in [0.1, 0.15) is 32.8 Å². The third-order valence-electron chi connectivity index (χ3n) is 3.57. The number of anilines is 1. The SMILES string of the molecule is CCCNCc1cc(F)c(N2CC(C)SC(C)C2)c(F)c1. The minimum absolute atomic E-state index is 0.133. The molecule has 1 aliphatic rings. The highest BCUT2D eigenvalue weighted by Gasteiger charge is 2.26. The van der Waals surface area contributed by atoms with Crippen LogP contribution < -0.4 is 10.2 Å². The van der Waals surface area contributed by atoms with Gasteiger partial charge in [0.15, 0.2) is 0 Å². The average molecular weight is 314 g/mol. The van der Waals surface area contributed by atoms with Crippen molar-refractivity contribution in [2.45, 2.75) is 44.2 Å². The number of rotatable bonds is 5. The van der Waals surface area contributed by atoms with Crippen molar-refractivity contribution in [1.29, 1.82) is 0 Å². The molecule has 1 N–H and O–H groups in total. The third kappa shape index (κ3) is 4.33. The van der Waals surface area contributed by atoms with Crippen molar-refractivity contribution >= 4 is 17.4 Å². The number of hydrogen-bond donors (Lipinski definition) is 1. The van der Waals surface area contributed by atoms with E-state index in [4.69, 9.17) is 0 Å². The number of halogens is 2. The second kappa shape index (κ2) is 7.45. The fraction of sp³-hybridized carbons (Fsp3) is 0.625. The summed E-state index contributed by atoms with van der Waals surface area (Å²) in [7, 11) is 0. The second-order valence-corrected chi connectivity index (χ2v) is 7.63. The molecule has 2 nitrogen and oxygen atoms in total. The lowest BCUT2D eigenvalue weighted by atomic mass is 10.1. The molecule has 1 heterocycles. The molecule has 0 saturated carbocycles. The highest BCUT2D eigenvalue weighted by Crippen LogP contribution is 2.32. The van der Waals surface area contributed by atoms with Crippen LogP contribution in [-0.4, -0.2) is 30.1 Å². The van der Waals surface area contributed by atoms with Crippen LogP contribution in [0, 0.1) is 11.6 Å². The summed E-state index contributed by atoms with van der Waals surface area (Å²) < 4.78 is 28.7. The molecule has 1 aliphatic heterocycles. The first-order valence-corrected chi connectivity index (χ1v) is 8.54. The molecule has 0 aliphatic carbocycles. The lowest BCUT2D eigenvalue weighted by molar-refractivity contribution is 0.559. The van der Waals surface area contributed by atoms with E-state index in [1.54, 1.807) is 0 Å². The highest BCUT2D eigenvalue weighted by atomic mass is 32.2. The Morgan fingerprint density at radius 3 is 2.29 bits per heavy atom. The predicted molar refractivity (Wildman–Crippen MR) is 87.1 cm³/mol. The molecule has 0 amide bonds. The molecular weight excluding hydrogens is 290 g/mol. The molecule has 2 rings (SSSR count). The highest BCUT2D eigenvalue weighted by molar-refractivity contribution is 8.00. The van der Waals surface area contributed by atoms with Gasteiger partial charge in [0.05, 0.1) is 0 Å². The van der Waals surface area contributed by atoms with Gasteiger partial charge in [0.2, 0.25) is 0 Å². The first-order chi connectivity index (χ1) is 10.0.